The Hall–Kier alpha value is -1.33. The fourth-order valence-electron chi connectivity index (χ4n) is 1.92. The predicted molar refractivity (Wildman–Crippen MR) is 89.5 cm³/mol. The van der Waals surface area contributed by atoms with E-state index in [1.807, 2.05) is 18.2 Å². The predicted octanol–water partition coefficient (Wildman–Crippen LogP) is 4.95. The highest BCUT2D eigenvalue weighted by Crippen LogP contribution is 2.31. The topological polar surface area (TPSA) is 41.1 Å². The van der Waals surface area contributed by atoms with Gasteiger partial charge >= 0.3 is 0 Å². The standard InChI is InChI=1S/C15H17BrN2OS/c1-9-4-5-12(18-11(3)19)8-13(9)17-10(2)14-6-7-15(16)20-14/h4-8,10,17H,1-3H3,(H,18,19). The molecule has 20 heavy (non-hydrogen) atoms. The molecule has 1 amide bonds. The molecule has 106 valence electrons. The van der Waals surface area contributed by atoms with Gasteiger partial charge in [0, 0.05) is 23.2 Å². The van der Waals surface area contributed by atoms with Gasteiger partial charge in [-0.3, -0.25) is 4.79 Å². The molecule has 1 atom stereocenters. The van der Waals surface area contributed by atoms with Crippen molar-refractivity contribution in [2.75, 3.05) is 10.6 Å². The Morgan fingerprint density at radius 3 is 2.65 bits per heavy atom. The highest BCUT2D eigenvalue weighted by molar-refractivity contribution is 9.11. The zero-order chi connectivity index (χ0) is 14.7. The molecule has 1 aromatic carbocycles. The molecule has 0 radical (unpaired) electrons. The van der Waals surface area contributed by atoms with Gasteiger partial charge in [-0.2, -0.15) is 0 Å². The van der Waals surface area contributed by atoms with Crippen molar-refractivity contribution in [2.45, 2.75) is 26.8 Å². The summed E-state index contributed by atoms with van der Waals surface area (Å²) in [4.78, 5) is 12.4. The van der Waals surface area contributed by atoms with Crippen LogP contribution in [0, 0.1) is 6.92 Å². The molecule has 0 saturated carbocycles. The summed E-state index contributed by atoms with van der Waals surface area (Å²) in [5, 5.41) is 6.30. The van der Waals surface area contributed by atoms with E-state index in [0.717, 1.165) is 20.7 Å². The van der Waals surface area contributed by atoms with E-state index < -0.39 is 0 Å². The molecule has 0 spiro atoms. The number of carbonyl (C=O) groups is 1. The number of carbonyl (C=O) groups excluding carboxylic acids is 1. The number of amides is 1. The average Bonchev–Trinajstić information content (AvgIpc) is 2.79. The maximum atomic E-state index is 11.1. The Morgan fingerprint density at radius 1 is 1.30 bits per heavy atom. The molecule has 1 heterocycles. The first kappa shape index (κ1) is 15.1. The van der Waals surface area contributed by atoms with Gasteiger partial charge in [-0.05, 0) is 59.6 Å². The lowest BCUT2D eigenvalue weighted by atomic mass is 10.1. The number of hydrogen-bond acceptors (Lipinski definition) is 3. The number of anilines is 2. The summed E-state index contributed by atoms with van der Waals surface area (Å²) in [5.74, 6) is -0.0601. The van der Waals surface area contributed by atoms with Crippen molar-refractivity contribution in [1.82, 2.24) is 0 Å². The third-order valence-corrected chi connectivity index (χ3v) is 4.76. The van der Waals surface area contributed by atoms with Gasteiger partial charge in [-0.1, -0.05) is 6.07 Å². The van der Waals surface area contributed by atoms with Crippen molar-refractivity contribution in [3.63, 3.8) is 0 Å². The van der Waals surface area contributed by atoms with Gasteiger partial charge < -0.3 is 10.6 Å². The Balaban J connectivity index is 2.17. The maximum Gasteiger partial charge on any atom is 0.221 e. The zero-order valence-corrected chi connectivity index (χ0v) is 14.1. The largest absolute Gasteiger partial charge is 0.377 e. The minimum absolute atomic E-state index is 0.0601. The van der Waals surface area contributed by atoms with Crippen LogP contribution in [0.15, 0.2) is 34.1 Å². The quantitative estimate of drug-likeness (QED) is 0.817. The number of nitrogens with one attached hydrogen (secondary N) is 2. The highest BCUT2D eigenvalue weighted by Gasteiger charge is 2.10. The lowest BCUT2D eigenvalue weighted by Gasteiger charge is -2.17. The van der Waals surface area contributed by atoms with Crippen molar-refractivity contribution in [3.05, 3.63) is 44.6 Å². The maximum absolute atomic E-state index is 11.1. The van der Waals surface area contributed by atoms with Crippen LogP contribution in [0.3, 0.4) is 0 Å². The molecule has 3 nitrogen and oxygen atoms in total. The summed E-state index contributed by atoms with van der Waals surface area (Å²) in [6, 6.07) is 10.3. The normalized spacial score (nSPS) is 12.0. The molecule has 2 rings (SSSR count). The van der Waals surface area contributed by atoms with Crippen LogP contribution < -0.4 is 10.6 Å². The molecule has 1 unspecified atom stereocenters. The molecule has 2 aromatic rings. The van der Waals surface area contributed by atoms with Crippen molar-refractivity contribution in [1.29, 1.82) is 0 Å². The molecule has 0 aliphatic rings. The van der Waals surface area contributed by atoms with Crippen molar-refractivity contribution in [3.8, 4) is 0 Å². The van der Waals surface area contributed by atoms with E-state index in [1.54, 1.807) is 11.3 Å². The second-order valence-corrected chi connectivity index (χ2v) is 7.21. The summed E-state index contributed by atoms with van der Waals surface area (Å²) in [6.45, 7) is 5.69. The van der Waals surface area contributed by atoms with E-state index in [1.165, 1.54) is 11.8 Å². The van der Waals surface area contributed by atoms with E-state index >= 15 is 0 Å². The number of aryl methyl sites for hydroxylation is 1. The fraction of sp³-hybridized carbons (Fsp3) is 0.267. The third-order valence-electron chi connectivity index (χ3n) is 2.95. The first-order chi connectivity index (χ1) is 9.45. The number of halogens is 1. The summed E-state index contributed by atoms with van der Waals surface area (Å²) < 4.78 is 1.13. The molecule has 2 N–H and O–H groups in total. The van der Waals surface area contributed by atoms with Crippen LogP contribution in [0.2, 0.25) is 0 Å². The smallest absolute Gasteiger partial charge is 0.221 e. The van der Waals surface area contributed by atoms with Crippen LogP contribution in [0.5, 0.6) is 0 Å². The summed E-state index contributed by atoms with van der Waals surface area (Å²) in [6.07, 6.45) is 0. The van der Waals surface area contributed by atoms with Gasteiger partial charge in [0.05, 0.1) is 9.83 Å². The summed E-state index contributed by atoms with van der Waals surface area (Å²) in [7, 11) is 0. The number of rotatable bonds is 4. The second kappa shape index (κ2) is 6.41. The van der Waals surface area contributed by atoms with Crippen LogP contribution >= 0.6 is 27.3 Å². The molecule has 1 aromatic heterocycles. The van der Waals surface area contributed by atoms with Gasteiger partial charge in [0.2, 0.25) is 5.91 Å². The second-order valence-electron chi connectivity index (χ2n) is 4.72. The molecule has 5 heteroatoms. The Labute approximate surface area is 131 Å². The van der Waals surface area contributed by atoms with Crippen LogP contribution in [0.25, 0.3) is 0 Å². The molecular formula is C15H17BrN2OS. The molecular weight excluding hydrogens is 336 g/mol. The van der Waals surface area contributed by atoms with E-state index in [2.05, 4.69) is 52.5 Å². The SMILES string of the molecule is CC(=O)Nc1ccc(C)c(NC(C)c2ccc(Br)s2)c1. The molecule has 0 fully saturated rings. The fourth-order valence-corrected chi connectivity index (χ4v) is 3.35. The van der Waals surface area contributed by atoms with Gasteiger partial charge in [0.15, 0.2) is 0 Å². The number of thiophene rings is 1. The van der Waals surface area contributed by atoms with Crippen molar-refractivity contribution < 1.29 is 4.79 Å². The highest BCUT2D eigenvalue weighted by atomic mass is 79.9. The summed E-state index contributed by atoms with van der Waals surface area (Å²) >= 11 is 5.20. The lowest BCUT2D eigenvalue weighted by Crippen LogP contribution is -2.09. The van der Waals surface area contributed by atoms with Gasteiger partial charge in [0.1, 0.15) is 0 Å². The first-order valence-corrected chi connectivity index (χ1v) is 7.96. The van der Waals surface area contributed by atoms with E-state index in [9.17, 15) is 4.79 Å². The minimum Gasteiger partial charge on any atom is -0.377 e. The van der Waals surface area contributed by atoms with Crippen molar-refractivity contribution >= 4 is 44.5 Å². The molecule has 0 aliphatic heterocycles. The van der Waals surface area contributed by atoms with E-state index in [0.29, 0.717) is 0 Å². The first-order valence-electron chi connectivity index (χ1n) is 6.35. The Morgan fingerprint density at radius 2 is 2.05 bits per heavy atom. The monoisotopic (exact) mass is 352 g/mol. The number of hydrogen-bond donors (Lipinski definition) is 2. The molecule has 0 saturated heterocycles. The van der Waals surface area contributed by atoms with Crippen LogP contribution in [0.1, 0.15) is 30.3 Å². The summed E-state index contributed by atoms with van der Waals surface area (Å²) in [5.41, 5.74) is 3.00. The van der Waals surface area contributed by atoms with E-state index in [-0.39, 0.29) is 11.9 Å². The number of benzene rings is 1. The van der Waals surface area contributed by atoms with Gasteiger partial charge in [0.25, 0.3) is 0 Å². The Bertz CT molecular complexity index is 624. The minimum atomic E-state index is -0.0601. The zero-order valence-electron chi connectivity index (χ0n) is 11.7. The Kier molecular flexibility index (Phi) is 4.83. The third kappa shape index (κ3) is 3.84. The molecule has 0 aliphatic carbocycles. The lowest BCUT2D eigenvalue weighted by molar-refractivity contribution is -0.114. The van der Waals surface area contributed by atoms with Gasteiger partial charge in [-0.15, -0.1) is 11.3 Å². The van der Waals surface area contributed by atoms with Gasteiger partial charge in [-0.25, -0.2) is 0 Å². The van der Waals surface area contributed by atoms with Crippen LogP contribution in [-0.4, -0.2) is 5.91 Å². The average molecular weight is 353 g/mol. The van der Waals surface area contributed by atoms with E-state index in [4.69, 9.17) is 0 Å². The van der Waals surface area contributed by atoms with Crippen LogP contribution in [-0.2, 0) is 4.79 Å². The van der Waals surface area contributed by atoms with Crippen molar-refractivity contribution in [2.24, 2.45) is 0 Å². The van der Waals surface area contributed by atoms with Crippen LogP contribution in [0.4, 0.5) is 11.4 Å². The molecule has 0 bridgehead atoms.